The summed E-state index contributed by atoms with van der Waals surface area (Å²) in [7, 11) is 0. The molecule has 0 aliphatic carbocycles. The van der Waals surface area contributed by atoms with Gasteiger partial charge in [0.1, 0.15) is 11.9 Å². The Bertz CT molecular complexity index is 593. The van der Waals surface area contributed by atoms with Crippen LogP contribution in [0.2, 0.25) is 5.02 Å². The molecule has 0 atom stereocenters. The molecule has 1 N–H and O–H groups in total. The summed E-state index contributed by atoms with van der Waals surface area (Å²) in [5, 5.41) is 11.9. The molecule has 1 aromatic carbocycles. The van der Waals surface area contributed by atoms with E-state index in [0.29, 0.717) is 16.9 Å². The van der Waals surface area contributed by atoms with Gasteiger partial charge < -0.3 is 5.32 Å². The molecule has 0 radical (unpaired) electrons. The van der Waals surface area contributed by atoms with Gasteiger partial charge in [0.25, 0.3) is 0 Å². The number of aromatic nitrogens is 1. The smallest absolute Gasteiger partial charge is 0.141 e. The van der Waals surface area contributed by atoms with E-state index in [1.165, 1.54) is 30.6 Å². The summed E-state index contributed by atoms with van der Waals surface area (Å²) >= 11 is 5.66. The Morgan fingerprint density at radius 3 is 2.88 bits per heavy atom. The first kappa shape index (κ1) is 11.4. The van der Waals surface area contributed by atoms with Crippen LogP contribution < -0.4 is 5.32 Å². The van der Waals surface area contributed by atoms with Gasteiger partial charge in [0.05, 0.1) is 22.5 Å². The van der Waals surface area contributed by atoms with Crippen molar-refractivity contribution < 1.29 is 4.39 Å². The summed E-state index contributed by atoms with van der Waals surface area (Å²) in [4.78, 5) is 3.91. The number of rotatable bonds is 2. The van der Waals surface area contributed by atoms with E-state index in [9.17, 15) is 4.39 Å². The fourth-order valence-electron chi connectivity index (χ4n) is 1.32. The van der Waals surface area contributed by atoms with E-state index >= 15 is 0 Å². The molecule has 0 bridgehead atoms. The minimum absolute atomic E-state index is 0.0254. The average molecular weight is 248 g/mol. The van der Waals surface area contributed by atoms with Crippen molar-refractivity contribution in [2.45, 2.75) is 0 Å². The quantitative estimate of drug-likeness (QED) is 0.884. The number of nitriles is 1. The van der Waals surface area contributed by atoms with E-state index < -0.39 is 5.82 Å². The summed E-state index contributed by atoms with van der Waals surface area (Å²) in [5.74, 6) is -0.482. The minimum Gasteiger partial charge on any atom is -0.353 e. The summed E-state index contributed by atoms with van der Waals surface area (Å²) in [6.07, 6.45) is 3.05. The third kappa shape index (κ3) is 2.52. The maximum absolute atomic E-state index is 13.0. The molecule has 0 saturated carbocycles. The summed E-state index contributed by atoms with van der Waals surface area (Å²) in [6, 6.07) is 7.87. The van der Waals surface area contributed by atoms with E-state index in [2.05, 4.69) is 10.3 Å². The predicted molar refractivity (Wildman–Crippen MR) is 63.6 cm³/mol. The number of pyridine rings is 1. The Kier molecular flexibility index (Phi) is 3.22. The van der Waals surface area contributed by atoms with Crippen LogP contribution >= 0.6 is 11.6 Å². The van der Waals surface area contributed by atoms with Gasteiger partial charge >= 0.3 is 0 Å². The summed E-state index contributed by atoms with van der Waals surface area (Å²) in [6.45, 7) is 0. The zero-order valence-electron chi connectivity index (χ0n) is 8.61. The lowest BCUT2D eigenvalue weighted by Gasteiger charge is -2.07. The number of benzene rings is 1. The van der Waals surface area contributed by atoms with E-state index in [-0.39, 0.29) is 5.02 Å². The van der Waals surface area contributed by atoms with Crippen LogP contribution in [0, 0.1) is 17.1 Å². The molecule has 17 heavy (non-hydrogen) atoms. The highest BCUT2D eigenvalue weighted by atomic mass is 35.5. The Hall–Kier alpha value is -2.12. The second-order valence-corrected chi connectivity index (χ2v) is 3.69. The fraction of sp³-hybridized carbons (Fsp3) is 0. The van der Waals surface area contributed by atoms with Crippen molar-refractivity contribution in [1.82, 2.24) is 4.98 Å². The van der Waals surface area contributed by atoms with Crippen LogP contribution in [0.1, 0.15) is 5.56 Å². The van der Waals surface area contributed by atoms with Crippen LogP contribution in [-0.4, -0.2) is 4.98 Å². The largest absolute Gasteiger partial charge is 0.353 e. The molecule has 84 valence electrons. The van der Waals surface area contributed by atoms with Gasteiger partial charge in [-0.1, -0.05) is 11.6 Å². The van der Waals surface area contributed by atoms with Crippen molar-refractivity contribution >= 4 is 23.0 Å². The Balaban J connectivity index is 2.32. The first-order valence-corrected chi connectivity index (χ1v) is 5.14. The highest BCUT2D eigenvalue weighted by molar-refractivity contribution is 6.31. The van der Waals surface area contributed by atoms with Gasteiger partial charge in [0.15, 0.2) is 0 Å². The molecular weight excluding hydrogens is 241 g/mol. The molecular formula is C12H7ClFN3. The van der Waals surface area contributed by atoms with E-state index in [1.54, 1.807) is 6.07 Å². The van der Waals surface area contributed by atoms with Crippen LogP contribution in [0.15, 0.2) is 36.7 Å². The molecule has 0 aliphatic heterocycles. The van der Waals surface area contributed by atoms with E-state index in [0.717, 1.165) is 0 Å². The molecule has 1 aromatic heterocycles. The number of nitrogens with zero attached hydrogens (tertiary/aromatic N) is 2. The highest BCUT2D eigenvalue weighted by Crippen LogP contribution is 2.23. The van der Waals surface area contributed by atoms with Gasteiger partial charge in [-0.2, -0.15) is 5.26 Å². The van der Waals surface area contributed by atoms with Gasteiger partial charge in [0, 0.05) is 11.9 Å². The second-order valence-electron chi connectivity index (χ2n) is 3.29. The van der Waals surface area contributed by atoms with Gasteiger partial charge in [-0.15, -0.1) is 0 Å². The molecule has 3 nitrogen and oxygen atoms in total. The molecule has 2 aromatic rings. The van der Waals surface area contributed by atoms with E-state index in [4.69, 9.17) is 16.9 Å². The topological polar surface area (TPSA) is 48.7 Å². The fourth-order valence-corrected chi connectivity index (χ4v) is 1.50. The molecule has 0 aliphatic rings. The van der Waals surface area contributed by atoms with Crippen LogP contribution in [0.25, 0.3) is 0 Å². The van der Waals surface area contributed by atoms with Gasteiger partial charge in [0.2, 0.25) is 0 Å². The third-order valence-corrected chi connectivity index (χ3v) is 2.43. The average Bonchev–Trinajstić information content (AvgIpc) is 2.34. The van der Waals surface area contributed by atoms with Crippen molar-refractivity contribution in [3.05, 3.63) is 53.1 Å². The molecule has 2 rings (SSSR count). The number of halogens is 2. The molecule has 5 heteroatoms. The molecule has 0 spiro atoms. The lowest BCUT2D eigenvalue weighted by Crippen LogP contribution is -1.94. The lowest BCUT2D eigenvalue weighted by atomic mass is 10.2. The molecule has 0 amide bonds. The SMILES string of the molecule is N#Cc1ccncc1Nc1ccc(F)c(Cl)c1. The Labute approximate surface area is 102 Å². The summed E-state index contributed by atoms with van der Waals surface area (Å²) in [5.41, 5.74) is 1.61. The maximum atomic E-state index is 13.0. The third-order valence-electron chi connectivity index (χ3n) is 2.14. The highest BCUT2D eigenvalue weighted by Gasteiger charge is 2.04. The summed E-state index contributed by atoms with van der Waals surface area (Å²) < 4.78 is 13.0. The normalized spacial score (nSPS) is 9.71. The Morgan fingerprint density at radius 1 is 1.35 bits per heavy atom. The van der Waals surface area contributed by atoms with Crippen LogP contribution in [0.4, 0.5) is 15.8 Å². The molecule has 0 saturated heterocycles. The molecule has 1 heterocycles. The maximum Gasteiger partial charge on any atom is 0.141 e. The van der Waals surface area contributed by atoms with Crippen LogP contribution in [0.3, 0.4) is 0 Å². The van der Waals surface area contributed by atoms with Crippen LogP contribution in [-0.2, 0) is 0 Å². The Morgan fingerprint density at radius 2 is 2.18 bits per heavy atom. The first-order valence-electron chi connectivity index (χ1n) is 4.77. The number of hydrogen-bond acceptors (Lipinski definition) is 3. The second kappa shape index (κ2) is 4.81. The van der Waals surface area contributed by atoms with Crippen molar-refractivity contribution in [2.24, 2.45) is 0 Å². The number of hydrogen-bond donors (Lipinski definition) is 1. The standard InChI is InChI=1S/C12H7ClFN3/c13-10-5-9(1-2-11(10)14)17-12-7-16-4-3-8(12)6-15/h1-5,7,17H. The first-order chi connectivity index (χ1) is 8.20. The van der Waals surface area contributed by atoms with Crippen molar-refractivity contribution in [3.63, 3.8) is 0 Å². The van der Waals surface area contributed by atoms with Gasteiger partial charge in [-0.3, -0.25) is 4.98 Å². The zero-order valence-corrected chi connectivity index (χ0v) is 9.37. The van der Waals surface area contributed by atoms with Crippen molar-refractivity contribution in [3.8, 4) is 6.07 Å². The predicted octanol–water partition coefficient (Wildman–Crippen LogP) is 3.49. The lowest BCUT2D eigenvalue weighted by molar-refractivity contribution is 0.628. The number of anilines is 2. The van der Waals surface area contributed by atoms with Gasteiger partial charge in [-0.25, -0.2) is 4.39 Å². The van der Waals surface area contributed by atoms with Crippen molar-refractivity contribution in [2.75, 3.05) is 5.32 Å². The monoisotopic (exact) mass is 247 g/mol. The van der Waals surface area contributed by atoms with Crippen molar-refractivity contribution in [1.29, 1.82) is 5.26 Å². The minimum atomic E-state index is -0.482. The zero-order chi connectivity index (χ0) is 12.3. The number of nitrogens with one attached hydrogen (secondary N) is 1. The molecule has 0 unspecified atom stereocenters. The van der Waals surface area contributed by atoms with E-state index in [1.807, 2.05) is 6.07 Å². The van der Waals surface area contributed by atoms with Gasteiger partial charge in [-0.05, 0) is 24.3 Å². The van der Waals surface area contributed by atoms with Crippen LogP contribution in [0.5, 0.6) is 0 Å². The molecule has 0 fully saturated rings.